The van der Waals surface area contributed by atoms with Crippen molar-refractivity contribution in [3.05, 3.63) is 23.8 Å². The molecule has 1 aromatic carbocycles. The van der Waals surface area contributed by atoms with E-state index in [2.05, 4.69) is 0 Å². The Kier molecular flexibility index (Phi) is 11.2. The highest BCUT2D eigenvalue weighted by molar-refractivity contribution is 5.76. The van der Waals surface area contributed by atoms with Crippen molar-refractivity contribution < 1.29 is 66.7 Å². The molecule has 0 radical (unpaired) electrons. The molecule has 0 spiro atoms. The lowest BCUT2D eigenvalue weighted by Gasteiger charge is -2.45. The molecular formula is C25H30O14. The van der Waals surface area contributed by atoms with Crippen LogP contribution in [0.3, 0.4) is 0 Å². The minimum atomic E-state index is -1.58. The fourth-order valence-corrected chi connectivity index (χ4v) is 3.79. The van der Waals surface area contributed by atoms with Crippen LogP contribution in [-0.2, 0) is 52.4 Å². The normalized spacial score (nSPS) is 22.9. The van der Waals surface area contributed by atoms with E-state index in [1.807, 2.05) is 0 Å². The third kappa shape index (κ3) is 8.95. The van der Waals surface area contributed by atoms with Gasteiger partial charge >= 0.3 is 29.8 Å². The van der Waals surface area contributed by atoms with Crippen molar-refractivity contribution in [1.82, 2.24) is 0 Å². The average molecular weight is 555 g/mol. The molecule has 0 aliphatic carbocycles. The number of hydrogen-bond acceptors (Lipinski definition) is 14. The van der Waals surface area contributed by atoms with E-state index in [4.69, 9.17) is 37.9 Å². The van der Waals surface area contributed by atoms with Crippen LogP contribution in [-0.4, -0.2) is 86.7 Å². The maximum absolute atomic E-state index is 12.1. The highest BCUT2D eigenvalue weighted by atomic mass is 16.7. The Morgan fingerprint density at radius 2 is 1.41 bits per heavy atom. The standard InChI is InChI=1S/C25H30O14/c1-12(27)33-11-20(34-13(2)28)21-22(35-14(3)29)23(36-15(4)30)24(37-16(5)31)25(39-21)38-18-8-7-17(10-26)9-19(18)32-6/h7-10,20-25H,11H2,1-6H3. The van der Waals surface area contributed by atoms with E-state index in [9.17, 15) is 28.8 Å². The molecule has 0 bridgehead atoms. The number of aldehydes is 1. The van der Waals surface area contributed by atoms with Crippen molar-refractivity contribution in [3.63, 3.8) is 0 Å². The van der Waals surface area contributed by atoms with Crippen LogP contribution in [0.2, 0.25) is 0 Å². The summed E-state index contributed by atoms with van der Waals surface area (Å²) in [6.45, 7) is 4.89. The number of hydrogen-bond donors (Lipinski definition) is 0. The smallest absolute Gasteiger partial charge is 0.303 e. The SMILES string of the molecule is COc1cc(C=O)ccc1OC1OC(C(COC(C)=O)OC(C)=O)C(OC(C)=O)C(OC(C)=O)C1OC(C)=O. The predicted molar refractivity (Wildman–Crippen MR) is 127 cm³/mol. The number of methoxy groups -OCH3 is 1. The summed E-state index contributed by atoms with van der Waals surface area (Å²) in [4.78, 5) is 70.8. The molecule has 1 fully saturated rings. The van der Waals surface area contributed by atoms with E-state index in [0.29, 0.717) is 6.29 Å². The second kappa shape index (κ2) is 14.1. The van der Waals surface area contributed by atoms with E-state index in [-0.39, 0.29) is 17.1 Å². The van der Waals surface area contributed by atoms with Crippen molar-refractivity contribution in [2.45, 2.75) is 71.4 Å². The van der Waals surface area contributed by atoms with Crippen LogP contribution in [0.15, 0.2) is 18.2 Å². The number of carbonyl (C=O) groups excluding carboxylic acids is 6. The van der Waals surface area contributed by atoms with Crippen LogP contribution in [0.25, 0.3) is 0 Å². The zero-order chi connectivity index (χ0) is 29.3. The minimum Gasteiger partial charge on any atom is -0.493 e. The van der Waals surface area contributed by atoms with E-state index >= 15 is 0 Å². The van der Waals surface area contributed by atoms with Crippen LogP contribution in [0.4, 0.5) is 0 Å². The summed E-state index contributed by atoms with van der Waals surface area (Å²) in [5, 5.41) is 0. The number of rotatable bonds is 11. The highest BCUT2D eigenvalue weighted by Gasteiger charge is 2.56. The molecule has 14 nitrogen and oxygen atoms in total. The van der Waals surface area contributed by atoms with Gasteiger partial charge in [0.1, 0.15) is 19.0 Å². The number of benzene rings is 1. The van der Waals surface area contributed by atoms with Gasteiger partial charge in [-0.3, -0.25) is 28.8 Å². The molecule has 1 aromatic rings. The molecule has 214 valence electrons. The molecule has 0 saturated carbocycles. The predicted octanol–water partition coefficient (Wildman–Crippen LogP) is 0.901. The summed E-state index contributed by atoms with van der Waals surface area (Å²) >= 11 is 0. The van der Waals surface area contributed by atoms with Gasteiger partial charge in [-0.2, -0.15) is 0 Å². The summed E-state index contributed by atoms with van der Waals surface area (Å²) in [6, 6.07) is 4.17. The van der Waals surface area contributed by atoms with E-state index < -0.39 is 73.3 Å². The Balaban J connectivity index is 2.66. The summed E-state index contributed by atoms with van der Waals surface area (Å²) in [5.74, 6) is -3.89. The summed E-state index contributed by atoms with van der Waals surface area (Å²) < 4.78 is 43.7. The van der Waals surface area contributed by atoms with Gasteiger partial charge in [0.25, 0.3) is 0 Å². The van der Waals surface area contributed by atoms with E-state index in [1.165, 1.54) is 25.3 Å². The largest absolute Gasteiger partial charge is 0.493 e. The van der Waals surface area contributed by atoms with Crippen molar-refractivity contribution in [1.29, 1.82) is 0 Å². The zero-order valence-electron chi connectivity index (χ0n) is 22.2. The molecule has 1 aliphatic rings. The fraction of sp³-hybridized carbons (Fsp3) is 0.520. The third-order valence-electron chi connectivity index (χ3n) is 5.14. The van der Waals surface area contributed by atoms with E-state index in [1.54, 1.807) is 0 Å². The Morgan fingerprint density at radius 3 is 1.92 bits per heavy atom. The van der Waals surface area contributed by atoms with Gasteiger partial charge in [-0.25, -0.2) is 0 Å². The van der Waals surface area contributed by atoms with Gasteiger partial charge in [0.15, 0.2) is 29.8 Å². The lowest BCUT2D eigenvalue weighted by atomic mass is 9.94. The molecule has 6 atom stereocenters. The first-order valence-electron chi connectivity index (χ1n) is 11.6. The third-order valence-corrected chi connectivity index (χ3v) is 5.14. The Bertz CT molecular complexity index is 1080. The first kappa shape index (κ1) is 31.0. The molecular weight excluding hydrogens is 524 g/mol. The number of esters is 5. The second-order valence-electron chi connectivity index (χ2n) is 8.29. The molecule has 1 aliphatic heterocycles. The average Bonchev–Trinajstić information content (AvgIpc) is 2.84. The van der Waals surface area contributed by atoms with Crippen molar-refractivity contribution in [2.24, 2.45) is 0 Å². The molecule has 0 N–H and O–H groups in total. The molecule has 2 rings (SSSR count). The Morgan fingerprint density at radius 1 is 0.821 bits per heavy atom. The Labute approximate surface area is 223 Å². The first-order valence-corrected chi connectivity index (χ1v) is 11.6. The molecule has 0 amide bonds. The lowest BCUT2D eigenvalue weighted by Crippen LogP contribution is -2.66. The molecule has 6 unspecified atom stereocenters. The quantitative estimate of drug-likeness (QED) is 0.214. The van der Waals surface area contributed by atoms with Crippen LogP contribution in [0.5, 0.6) is 11.5 Å². The Hall–Kier alpha value is -4.20. The second-order valence-corrected chi connectivity index (χ2v) is 8.29. The molecule has 39 heavy (non-hydrogen) atoms. The maximum Gasteiger partial charge on any atom is 0.303 e. The molecule has 1 heterocycles. The van der Waals surface area contributed by atoms with Gasteiger partial charge in [0.2, 0.25) is 12.4 Å². The number of ether oxygens (including phenoxy) is 8. The summed E-state index contributed by atoms with van der Waals surface area (Å²) in [5.41, 5.74) is 0.266. The van der Waals surface area contributed by atoms with Gasteiger partial charge in [-0.1, -0.05) is 0 Å². The van der Waals surface area contributed by atoms with Crippen molar-refractivity contribution in [3.8, 4) is 11.5 Å². The fourth-order valence-electron chi connectivity index (χ4n) is 3.79. The van der Waals surface area contributed by atoms with Crippen molar-refractivity contribution >= 4 is 36.1 Å². The van der Waals surface area contributed by atoms with Gasteiger partial charge in [0.05, 0.1) is 7.11 Å². The maximum atomic E-state index is 12.1. The highest BCUT2D eigenvalue weighted by Crippen LogP contribution is 2.36. The lowest BCUT2D eigenvalue weighted by molar-refractivity contribution is -0.299. The molecule has 1 saturated heterocycles. The van der Waals surface area contributed by atoms with Gasteiger partial charge in [-0.15, -0.1) is 0 Å². The molecule has 0 aromatic heterocycles. The topological polar surface area (TPSA) is 176 Å². The molecule has 14 heteroatoms. The van der Waals surface area contributed by atoms with Crippen LogP contribution in [0.1, 0.15) is 45.0 Å². The van der Waals surface area contributed by atoms with Gasteiger partial charge in [-0.05, 0) is 18.2 Å². The van der Waals surface area contributed by atoms with Gasteiger partial charge < -0.3 is 37.9 Å². The van der Waals surface area contributed by atoms with Crippen LogP contribution >= 0.6 is 0 Å². The summed E-state index contributed by atoms with van der Waals surface area (Å²) in [7, 11) is 1.32. The first-order chi connectivity index (χ1) is 18.4. The van der Waals surface area contributed by atoms with E-state index in [0.717, 1.165) is 34.6 Å². The van der Waals surface area contributed by atoms with Crippen LogP contribution < -0.4 is 9.47 Å². The minimum absolute atomic E-state index is 0.0283. The van der Waals surface area contributed by atoms with Gasteiger partial charge in [0, 0.05) is 40.2 Å². The van der Waals surface area contributed by atoms with Crippen LogP contribution in [0, 0.1) is 0 Å². The number of carbonyl (C=O) groups is 6. The summed E-state index contributed by atoms with van der Waals surface area (Å²) in [6.07, 6.45) is -8.42. The monoisotopic (exact) mass is 554 g/mol. The zero-order valence-corrected chi connectivity index (χ0v) is 22.2. The van der Waals surface area contributed by atoms with Crippen molar-refractivity contribution in [2.75, 3.05) is 13.7 Å².